The number of hydrogen-bond donors (Lipinski definition) is 0. The van der Waals surface area contributed by atoms with Crippen LogP contribution < -0.4 is 10.8 Å². The van der Waals surface area contributed by atoms with Gasteiger partial charge in [-0.3, -0.25) is 4.79 Å². The number of nitrogens with zero attached hydrogens (tertiary/aromatic N) is 1. The van der Waals surface area contributed by atoms with Crippen LogP contribution >= 0.6 is 11.1 Å². The van der Waals surface area contributed by atoms with Crippen LogP contribution in [0.2, 0.25) is 0 Å². The topological polar surface area (TPSA) is 46.6 Å². The van der Waals surface area contributed by atoms with Gasteiger partial charge < -0.3 is 13.7 Å². The van der Waals surface area contributed by atoms with Crippen molar-refractivity contribution in [2.45, 2.75) is 6.92 Å². The molecule has 0 atom stereocenters. The largest absolute Gasteiger partial charge is 0.472 e. The van der Waals surface area contributed by atoms with Crippen molar-refractivity contribution in [3.8, 4) is 0 Å². The van der Waals surface area contributed by atoms with E-state index in [2.05, 4.69) is 0 Å². The lowest BCUT2D eigenvalue weighted by Crippen LogP contribution is -2.60. The number of halogens is 1. The van der Waals surface area contributed by atoms with Gasteiger partial charge in [-0.15, -0.1) is 11.1 Å². The summed E-state index contributed by atoms with van der Waals surface area (Å²) in [6.45, 7) is 1.51. The average molecular weight is 284 g/mol. The maximum absolute atomic E-state index is 11.4. The average Bonchev–Trinajstić information content (AvgIpc) is 3.02. The molecule has 0 aliphatic carbocycles. The Kier molecular flexibility index (Phi) is 3.63. The van der Waals surface area contributed by atoms with E-state index in [1.807, 2.05) is 12.1 Å². The smallest absolute Gasteiger partial charge is 0.316 e. The first-order valence-electron chi connectivity index (χ1n) is 5.52. The van der Waals surface area contributed by atoms with Crippen molar-refractivity contribution in [2.75, 3.05) is 13.2 Å². The molecule has 96 valence electrons. The maximum atomic E-state index is 11.4. The van der Waals surface area contributed by atoms with Crippen LogP contribution in [-0.2, 0) is 4.79 Å². The molecule has 2 heterocycles. The van der Waals surface area contributed by atoms with E-state index in [-0.39, 0.29) is 5.91 Å². The van der Waals surface area contributed by atoms with Crippen molar-refractivity contribution >= 4 is 35.1 Å². The summed E-state index contributed by atoms with van der Waals surface area (Å²) in [6.07, 6.45) is 3.57. The molecule has 0 saturated heterocycles. The highest BCUT2D eigenvalue weighted by molar-refractivity contribution is 7.33. The SMILES string of the molecule is CC(=O)N(C)C[Si](Cl)(c1ccco1)c1ccco1. The highest BCUT2D eigenvalue weighted by Gasteiger charge is 2.43. The Morgan fingerprint density at radius 3 is 2.11 bits per heavy atom. The van der Waals surface area contributed by atoms with Crippen molar-refractivity contribution in [2.24, 2.45) is 0 Å². The predicted molar refractivity (Wildman–Crippen MR) is 71.6 cm³/mol. The lowest BCUT2D eigenvalue weighted by atomic mass is 10.6. The van der Waals surface area contributed by atoms with Gasteiger partial charge in [0, 0.05) is 20.1 Å². The molecule has 0 aliphatic rings. The van der Waals surface area contributed by atoms with Gasteiger partial charge in [-0.25, -0.2) is 0 Å². The van der Waals surface area contributed by atoms with Crippen LogP contribution in [0.15, 0.2) is 45.6 Å². The molecule has 1 amide bonds. The lowest BCUT2D eigenvalue weighted by molar-refractivity contribution is -0.126. The molecule has 0 spiro atoms. The molecule has 0 fully saturated rings. The third kappa shape index (κ3) is 2.37. The molecule has 0 N–H and O–H groups in total. The standard InChI is InChI=1S/C12H14ClNO3Si/c1-10(15)14(2)9-18(13,11-5-3-7-16-11)12-6-4-8-17-12/h3-8H,9H2,1-2H3. The monoisotopic (exact) mass is 283 g/mol. The zero-order valence-electron chi connectivity index (χ0n) is 10.2. The van der Waals surface area contributed by atoms with E-state index < -0.39 is 7.38 Å². The van der Waals surface area contributed by atoms with E-state index in [4.69, 9.17) is 19.9 Å². The van der Waals surface area contributed by atoms with Gasteiger partial charge >= 0.3 is 7.38 Å². The minimum absolute atomic E-state index is 0.0364. The van der Waals surface area contributed by atoms with Crippen molar-refractivity contribution in [3.63, 3.8) is 0 Å². The fourth-order valence-corrected chi connectivity index (χ4v) is 5.57. The Labute approximate surface area is 111 Å². The lowest BCUT2D eigenvalue weighted by Gasteiger charge is -2.25. The Hall–Kier alpha value is -1.46. The first-order valence-corrected chi connectivity index (χ1v) is 8.74. The van der Waals surface area contributed by atoms with Crippen LogP contribution in [-0.4, -0.2) is 31.4 Å². The van der Waals surface area contributed by atoms with Gasteiger partial charge in [0.05, 0.1) is 12.5 Å². The maximum Gasteiger partial charge on any atom is 0.316 e. The summed E-state index contributed by atoms with van der Waals surface area (Å²) in [7, 11) is -0.958. The molecule has 2 rings (SSSR count). The predicted octanol–water partition coefficient (Wildman–Crippen LogP) is 1.19. The third-order valence-corrected chi connectivity index (χ3v) is 7.33. The number of hydrogen-bond acceptors (Lipinski definition) is 3. The van der Waals surface area contributed by atoms with E-state index in [0.29, 0.717) is 16.9 Å². The third-order valence-electron chi connectivity index (χ3n) is 2.82. The minimum Gasteiger partial charge on any atom is -0.472 e. The Morgan fingerprint density at radius 2 is 1.78 bits per heavy atom. The van der Waals surface area contributed by atoms with Crippen LogP contribution in [0.4, 0.5) is 0 Å². The quantitative estimate of drug-likeness (QED) is 0.625. The van der Waals surface area contributed by atoms with Crippen molar-refractivity contribution < 1.29 is 13.6 Å². The molecule has 0 radical (unpaired) electrons. The first-order chi connectivity index (χ1) is 8.54. The van der Waals surface area contributed by atoms with Crippen molar-refractivity contribution in [1.29, 1.82) is 0 Å². The van der Waals surface area contributed by atoms with E-state index >= 15 is 0 Å². The first kappa shape index (κ1) is 13.0. The highest BCUT2D eigenvalue weighted by Crippen LogP contribution is 2.13. The number of rotatable bonds is 4. The van der Waals surface area contributed by atoms with Crippen LogP contribution in [0.25, 0.3) is 0 Å². The fourth-order valence-electron chi connectivity index (χ4n) is 1.72. The van der Waals surface area contributed by atoms with Gasteiger partial charge in [-0.1, -0.05) is 0 Å². The number of carbonyl (C=O) groups is 1. The molecule has 2 aromatic heterocycles. The highest BCUT2D eigenvalue weighted by atomic mass is 35.6. The second-order valence-corrected chi connectivity index (χ2v) is 8.97. The minimum atomic E-state index is -2.68. The van der Waals surface area contributed by atoms with Crippen molar-refractivity contribution in [1.82, 2.24) is 4.90 Å². The Balaban J connectivity index is 2.38. The Bertz CT molecular complexity index is 475. The number of amides is 1. The fraction of sp³-hybridized carbons (Fsp3) is 0.250. The van der Waals surface area contributed by atoms with Gasteiger partial charge in [-0.05, 0) is 24.3 Å². The Morgan fingerprint density at radius 1 is 1.28 bits per heavy atom. The molecule has 2 aromatic rings. The summed E-state index contributed by atoms with van der Waals surface area (Å²) in [4.78, 5) is 13.0. The summed E-state index contributed by atoms with van der Waals surface area (Å²) in [5, 5.41) is 1.37. The molecule has 0 unspecified atom stereocenters. The normalized spacial score (nSPS) is 11.5. The zero-order chi connectivity index (χ0) is 13.2. The van der Waals surface area contributed by atoms with E-state index in [9.17, 15) is 4.79 Å². The van der Waals surface area contributed by atoms with Crippen LogP contribution in [0.3, 0.4) is 0 Å². The molecular weight excluding hydrogens is 270 g/mol. The molecule has 0 bridgehead atoms. The number of carbonyl (C=O) groups excluding carboxylic acids is 1. The zero-order valence-corrected chi connectivity index (χ0v) is 12.0. The molecule has 0 aromatic carbocycles. The summed E-state index contributed by atoms with van der Waals surface area (Å²) in [5.74, 6) is -0.0364. The summed E-state index contributed by atoms with van der Waals surface area (Å²) in [5.41, 5.74) is 0. The number of furan rings is 2. The van der Waals surface area contributed by atoms with E-state index in [1.54, 1.807) is 36.6 Å². The van der Waals surface area contributed by atoms with Crippen molar-refractivity contribution in [3.05, 3.63) is 36.8 Å². The summed E-state index contributed by atoms with van der Waals surface area (Å²) in [6, 6.07) is 7.23. The molecule has 0 saturated carbocycles. The molecule has 6 heteroatoms. The van der Waals surface area contributed by atoms with Gasteiger partial charge in [0.25, 0.3) is 0 Å². The van der Waals surface area contributed by atoms with Crippen LogP contribution in [0.1, 0.15) is 6.92 Å². The van der Waals surface area contributed by atoms with Gasteiger partial charge in [-0.2, -0.15) is 0 Å². The second-order valence-electron chi connectivity index (χ2n) is 4.13. The van der Waals surface area contributed by atoms with Gasteiger partial charge in [0.1, 0.15) is 10.8 Å². The summed E-state index contributed by atoms with van der Waals surface area (Å²) >= 11 is 6.77. The van der Waals surface area contributed by atoms with Crippen LogP contribution in [0.5, 0.6) is 0 Å². The molecule has 4 nitrogen and oxygen atoms in total. The molecule has 18 heavy (non-hydrogen) atoms. The molecular formula is C12H14ClNO3Si. The van der Waals surface area contributed by atoms with Gasteiger partial charge in [0.15, 0.2) is 0 Å². The van der Waals surface area contributed by atoms with Crippen LogP contribution in [0, 0.1) is 0 Å². The van der Waals surface area contributed by atoms with E-state index in [1.165, 1.54) is 6.92 Å². The molecule has 0 aliphatic heterocycles. The van der Waals surface area contributed by atoms with Gasteiger partial charge in [0.2, 0.25) is 5.91 Å². The van der Waals surface area contributed by atoms with E-state index in [0.717, 1.165) is 0 Å². The second kappa shape index (κ2) is 5.03. The summed E-state index contributed by atoms with van der Waals surface area (Å²) < 4.78 is 10.9.